The predicted octanol–water partition coefficient (Wildman–Crippen LogP) is -0.581. The number of nitrogens with two attached hydrogens (primary N) is 1. The normalized spacial score (nSPS) is 19.8. The number of hydrogen-bond acceptors (Lipinski definition) is 6. The first kappa shape index (κ1) is 12.7. The number of carbonyl (C=O) groups is 2. The number of nitrogen functional groups attached to an aromatic ring is 1. The summed E-state index contributed by atoms with van der Waals surface area (Å²) in [6, 6.07) is -0.319. The number of carboxylic acids is 1. The molecule has 9 heteroatoms. The molecule has 1 aromatic rings. The van der Waals surface area contributed by atoms with Crippen LogP contribution in [0.25, 0.3) is 0 Å². The van der Waals surface area contributed by atoms with Crippen LogP contribution < -0.4 is 5.73 Å². The number of carbonyl (C=O) groups excluding carboxylic acids is 1. The largest absolute Gasteiger partial charge is 0.481 e. The van der Waals surface area contributed by atoms with Crippen molar-refractivity contribution in [2.75, 3.05) is 23.8 Å². The van der Waals surface area contributed by atoms with E-state index in [1.54, 1.807) is 11.8 Å². The summed E-state index contributed by atoms with van der Waals surface area (Å²) in [6.45, 7) is 0.502. The maximum atomic E-state index is 12.1. The van der Waals surface area contributed by atoms with Gasteiger partial charge in [0.15, 0.2) is 0 Å². The molecule has 18 heavy (non-hydrogen) atoms. The van der Waals surface area contributed by atoms with Gasteiger partial charge in [-0.05, 0) is 0 Å². The number of anilines is 1. The first-order chi connectivity index (χ1) is 8.58. The van der Waals surface area contributed by atoms with Crippen LogP contribution in [0, 0.1) is 0 Å². The van der Waals surface area contributed by atoms with Gasteiger partial charge in [0.1, 0.15) is 0 Å². The summed E-state index contributed by atoms with van der Waals surface area (Å²) >= 11 is 1.64. The number of aliphatic carboxylic acids is 1. The molecule has 1 aliphatic heterocycles. The number of carboxylic acid groups (broad SMARTS) is 1. The molecule has 1 aliphatic rings. The Labute approximate surface area is 107 Å². The Morgan fingerprint density at radius 3 is 3.00 bits per heavy atom. The number of rotatable bonds is 3. The van der Waals surface area contributed by atoms with E-state index >= 15 is 0 Å². The van der Waals surface area contributed by atoms with Gasteiger partial charge in [0.2, 0.25) is 11.8 Å². The number of aromatic nitrogens is 3. The third-order valence-corrected chi connectivity index (χ3v) is 3.70. The molecule has 4 N–H and O–H groups in total. The van der Waals surface area contributed by atoms with Crippen LogP contribution in [0.15, 0.2) is 0 Å². The van der Waals surface area contributed by atoms with Crippen LogP contribution in [0.3, 0.4) is 0 Å². The lowest BCUT2D eigenvalue weighted by Gasteiger charge is -2.33. The van der Waals surface area contributed by atoms with Gasteiger partial charge in [-0.15, -0.1) is 5.10 Å². The molecule has 1 aromatic heterocycles. The Kier molecular flexibility index (Phi) is 3.70. The summed E-state index contributed by atoms with van der Waals surface area (Å²) in [4.78, 5) is 28.2. The summed E-state index contributed by atoms with van der Waals surface area (Å²) in [7, 11) is 0. The number of hydrogen-bond donors (Lipinski definition) is 3. The minimum absolute atomic E-state index is 0.000445. The molecule has 1 atom stereocenters. The lowest BCUT2D eigenvalue weighted by molar-refractivity contribution is -0.138. The molecule has 0 radical (unpaired) electrons. The Hall–Kier alpha value is -1.77. The second-order valence-corrected chi connectivity index (χ2v) is 5.02. The molecule has 2 rings (SSSR count). The highest BCUT2D eigenvalue weighted by atomic mass is 32.2. The first-order valence-electron chi connectivity index (χ1n) is 5.36. The summed E-state index contributed by atoms with van der Waals surface area (Å²) < 4.78 is 0. The van der Waals surface area contributed by atoms with Gasteiger partial charge in [0.25, 0.3) is 5.91 Å². The molecule has 8 nitrogen and oxygen atoms in total. The fourth-order valence-corrected chi connectivity index (χ4v) is 2.86. The fraction of sp³-hybridized carbons (Fsp3) is 0.556. The number of aromatic amines is 1. The summed E-state index contributed by atoms with van der Waals surface area (Å²) in [5.41, 5.74) is 5.34. The van der Waals surface area contributed by atoms with Crippen molar-refractivity contribution in [3.63, 3.8) is 0 Å². The van der Waals surface area contributed by atoms with Crippen LogP contribution in [0.4, 0.5) is 5.95 Å². The quantitative estimate of drug-likeness (QED) is 0.671. The molecule has 0 saturated carbocycles. The maximum absolute atomic E-state index is 12.1. The van der Waals surface area contributed by atoms with Crippen LogP contribution in [0.2, 0.25) is 0 Å². The van der Waals surface area contributed by atoms with Crippen molar-refractivity contribution in [3.8, 4) is 0 Å². The number of H-pyrrole nitrogens is 1. The second-order valence-electron chi connectivity index (χ2n) is 3.87. The van der Waals surface area contributed by atoms with E-state index in [1.807, 2.05) is 0 Å². The van der Waals surface area contributed by atoms with Crippen LogP contribution in [0.1, 0.15) is 17.0 Å². The van der Waals surface area contributed by atoms with Gasteiger partial charge in [0, 0.05) is 18.1 Å². The highest BCUT2D eigenvalue weighted by Crippen LogP contribution is 2.20. The van der Waals surface area contributed by atoms with Crippen molar-refractivity contribution >= 4 is 29.6 Å². The molecule has 0 spiro atoms. The van der Waals surface area contributed by atoms with E-state index in [0.29, 0.717) is 12.3 Å². The molecule has 1 amide bonds. The molecule has 0 aliphatic carbocycles. The van der Waals surface area contributed by atoms with Crippen molar-refractivity contribution in [1.29, 1.82) is 0 Å². The zero-order chi connectivity index (χ0) is 13.1. The van der Waals surface area contributed by atoms with E-state index in [-0.39, 0.29) is 30.1 Å². The van der Waals surface area contributed by atoms with Crippen LogP contribution in [-0.2, 0) is 4.79 Å². The summed E-state index contributed by atoms with van der Waals surface area (Å²) in [5.74, 6) is 0.171. The van der Waals surface area contributed by atoms with Gasteiger partial charge in [-0.2, -0.15) is 16.7 Å². The molecule has 2 heterocycles. The molecule has 1 unspecified atom stereocenters. The summed E-state index contributed by atoms with van der Waals surface area (Å²) in [6.07, 6.45) is -0.0671. The summed E-state index contributed by atoms with van der Waals surface area (Å²) in [5, 5.41) is 14.9. The van der Waals surface area contributed by atoms with Crippen molar-refractivity contribution in [2.45, 2.75) is 12.5 Å². The molecule has 0 aromatic carbocycles. The van der Waals surface area contributed by atoms with Crippen LogP contribution in [-0.4, -0.2) is 61.2 Å². The maximum Gasteiger partial charge on any atom is 0.305 e. The molecule has 98 valence electrons. The first-order valence-corrected chi connectivity index (χ1v) is 6.52. The van der Waals surface area contributed by atoms with E-state index in [0.717, 1.165) is 5.75 Å². The number of thioether (sulfide) groups is 1. The Morgan fingerprint density at radius 2 is 2.39 bits per heavy atom. The SMILES string of the molecule is Nc1n[nH]c(C(=O)N2CCSCC2CC(=O)O)n1. The standard InChI is InChI=1S/C9H13N5O3S/c10-9-11-7(12-13-9)8(17)14-1-2-18-4-5(14)3-6(15)16/h5H,1-4H2,(H,15,16)(H3,10,11,12,13). The van der Waals surface area contributed by atoms with Crippen molar-refractivity contribution in [1.82, 2.24) is 20.1 Å². The third-order valence-electron chi connectivity index (χ3n) is 2.60. The van der Waals surface area contributed by atoms with E-state index in [9.17, 15) is 9.59 Å². The van der Waals surface area contributed by atoms with Gasteiger partial charge in [-0.25, -0.2) is 0 Å². The molecule has 1 fully saturated rings. The van der Waals surface area contributed by atoms with Gasteiger partial charge in [-0.3, -0.25) is 14.7 Å². The fourth-order valence-electron chi connectivity index (χ4n) is 1.80. The average Bonchev–Trinajstić information content (AvgIpc) is 2.75. The van der Waals surface area contributed by atoms with Gasteiger partial charge in [0.05, 0.1) is 12.5 Å². The van der Waals surface area contributed by atoms with Crippen molar-refractivity contribution in [3.05, 3.63) is 5.82 Å². The Bertz CT molecular complexity index is 463. The smallest absolute Gasteiger partial charge is 0.305 e. The third kappa shape index (κ3) is 2.73. The Morgan fingerprint density at radius 1 is 1.61 bits per heavy atom. The van der Waals surface area contributed by atoms with Crippen LogP contribution in [0.5, 0.6) is 0 Å². The monoisotopic (exact) mass is 271 g/mol. The minimum atomic E-state index is -0.919. The molecule has 1 saturated heterocycles. The highest BCUT2D eigenvalue weighted by Gasteiger charge is 2.30. The second kappa shape index (κ2) is 5.25. The number of nitrogens with one attached hydrogen (secondary N) is 1. The number of nitrogens with zero attached hydrogens (tertiary/aromatic N) is 3. The van der Waals surface area contributed by atoms with Gasteiger partial charge >= 0.3 is 5.97 Å². The molecular formula is C9H13N5O3S. The zero-order valence-corrected chi connectivity index (χ0v) is 10.3. The van der Waals surface area contributed by atoms with E-state index in [1.165, 1.54) is 4.90 Å². The molecular weight excluding hydrogens is 258 g/mol. The number of amides is 1. The van der Waals surface area contributed by atoms with Gasteiger partial charge in [-0.1, -0.05) is 0 Å². The van der Waals surface area contributed by atoms with Crippen molar-refractivity contribution < 1.29 is 14.7 Å². The highest BCUT2D eigenvalue weighted by molar-refractivity contribution is 7.99. The molecule has 0 bridgehead atoms. The van der Waals surface area contributed by atoms with Crippen LogP contribution >= 0.6 is 11.8 Å². The van der Waals surface area contributed by atoms with E-state index in [2.05, 4.69) is 15.2 Å². The lowest BCUT2D eigenvalue weighted by atomic mass is 10.2. The minimum Gasteiger partial charge on any atom is -0.481 e. The van der Waals surface area contributed by atoms with Crippen molar-refractivity contribution in [2.24, 2.45) is 0 Å². The van der Waals surface area contributed by atoms with Gasteiger partial charge < -0.3 is 15.7 Å². The zero-order valence-electron chi connectivity index (χ0n) is 9.50. The topological polar surface area (TPSA) is 125 Å². The van der Waals surface area contributed by atoms with E-state index < -0.39 is 5.97 Å². The Balaban J connectivity index is 2.13. The lowest BCUT2D eigenvalue weighted by Crippen LogP contribution is -2.47. The average molecular weight is 271 g/mol. The van der Waals surface area contributed by atoms with E-state index in [4.69, 9.17) is 10.8 Å². The predicted molar refractivity (Wildman–Crippen MR) is 65.2 cm³/mol.